The Bertz CT molecular complexity index is 522. The van der Waals surface area contributed by atoms with Crippen LogP contribution in [-0.4, -0.2) is 23.9 Å². The van der Waals surface area contributed by atoms with Crippen molar-refractivity contribution in [3.05, 3.63) is 27.7 Å². The lowest BCUT2D eigenvalue weighted by Gasteiger charge is -2.11. The van der Waals surface area contributed by atoms with E-state index in [4.69, 9.17) is 0 Å². The summed E-state index contributed by atoms with van der Waals surface area (Å²) in [5.41, 5.74) is -1.21. The normalized spacial score (nSPS) is 11.2. The van der Waals surface area contributed by atoms with Crippen molar-refractivity contribution >= 4 is 5.97 Å². The average Bonchev–Trinajstić information content (AvgIpc) is 2.27. The van der Waals surface area contributed by atoms with Gasteiger partial charge in [0.15, 0.2) is 5.75 Å². The molecule has 0 aromatic carbocycles. The number of aromatic amines is 1. The maximum Gasteiger partial charge on any atom is 0.573 e. The maximum absolute atomic E-state index is 12.1. The first-order chi connectivity index (χ1) is 8.74. The van der Waals surface area contributed by atoms with Gasteiger partial charge in [0, 0.05) is 11.8 Å². The third-order valence-corrected chi connectivity index (χ3v) is 2.16. The molecular weight excluding hydrogens is 267 g/mol. The predicted octanol–water partition coefficient (Wildman–Crippen LogP) is 1.69. The van der Waals surface area contributed by atoms with E-state index in [1.54, 1.807) is 6.92 Å². The summed E-state index contributed by atoms with van der Waals surface area (Å²) in [6.07, 6.45) is -4.23. The van der Waals surface area contributed by atoms with E-state index in [2.05, 4.69) is 14.5 Å². The quantitative estimate of drug-likeness (QED) is 0.851. The van der Waals surface area contributed by atoms with Crippen molar-refractivity contribution in [2.45, 2.75) is 26.6 Å². The molecule has 0 aliphatic heterocycles. The molecule has 1 aromatic rings. The lowest BCUT2D eigenvalue weighted by molar-refractivity contribution is -0.275. The fourth-order valence-corrected chi connectivity index (χ4v) is 1.38. The molecule has 0 radical (unpaired) electrons. The number of hydrogen-bond donors (Lipinski definition) is 1. The standard InChI is InChI=1S/C11H12F3NO4/c1-3-18-8(16)4-7-5-15-6(2)10(9(7)17)19-11(12,13)14/h5H,3-4H2,1-2H3,(H,15,17). The molecule has 5 nitrogen and oxygen atoms in total. The van der Waals surface area contributed by atoms with Crippen molar-refractivity contribution in [1.29, 1.82) is 0 Å². The van der Waals surface area contributed by atoms with Crippen LogP contribution in [0.25, 0.3) is 0 Å². The van der Waals surface area contributed by atoms with Crippen molar-refractivity contribution in [3.8, 4) is 5.75 Å². The summed E-state index contributed by atoms with van der Waals surface area (Å²) >= 11 is 0. The van der Waals surface area contributed by atoms with Crippen molar-refractivity contribution < 1.29 is 27.4 Å². The number of esters is 1. The molecule has 0 saturated heterocycles. The molecule has 0 aliphatic rings. The van der Waals surface area contributed by atoms with E-state index in [-0.39, 0.29) is 17.9 Å². The van der Waals surface area contributed by atoms with Gasteiger partial charge in [0.05, 0.1) is 18.7 Å². The second-order valence-corrected chi connectivity index (χ2v) is 3.63. The molecule has 0 bridgehead atoms. The summed E-state index contributed by atoms with van der Waals surface area (Å²) in [6, 6.07) is 0. The highest BCUT2D eigenvalue weighted by Gasteiger charge is 2.33. The third kappa shape index (κ3) is 4.31. The maximum atomic E-state index is 12.1. The molecule has 1 heterocycles. The number of nitrogens with one attached hydrogen (secondary N) is 1. The minimum atomic E-state index is -4.97. The van der Waals surface area contributed by atoms with Crippen LogP contribution in [0.15, 0.2) is 11.0 Å². The summed E-state index contributed by atoms with van der Waals surface area (Å²) < 4.78 is 44.7. The number of aromatic nitrogens is 1. The molecule has 1 N–H and O–H groups in total. The van der Waals surface area contributed by atoms with E-state index >= 15 is 0 Å². The van der Waals surface area contributed by atoms with Crippen molar-refractivity contribution in [2.24, 2.45) is 0 Å². The minimum Gasteiger partial charge on any atom is -0.466 e. The Hall–Kier alpha value is -1.99. The molecule has 1 rings (SSSR count). The highest BCUT2D eigenvalue weighted by Crippen LogP contribution is 2.22. The van der Waals surface area contributed by atoms with Crippen LogP contribution in [0.1, 0.15) is 18.2 Å². The zero-order valence-corrected chi connectivity index (χ0v) is 10.3. The molecule has 0 amide bonds. The summed E-state index contributed by atoms with van der Waals surface area (Å²) in [7, 11) is 0. The molecular formula is C11H12F3NO4. The molecule has 8 heteroatoms. The molecule has 0 spiro atoms. The van der Waals surface area contributed by atoms with Gasteiger partial charge in [-0.2, -0.15) is 0 Å². The van der Waals surface area contributed by atoms with Gasteiger partial charge in [-0.3, -0.25) is 9.59 Å². The van der Waals surface area contributed by atoms with Crippen LogP contribution in [-0.2, 0) is 16.0 Å². The largest absolute Gasteiger partial charge is 0.573 e. The second kappa shape index (κ2) is 5.77. The lowest BCUT2D eigenvalue weighted by Crippen LogP contribution is -2.25. The molecule has 0 fully saturated rings. The summed E-state index contributed by atoms with van der Waals surface area (Å²) in [5, 5.41) is 0. The topological polar surface area (TPSA) is 68.4 Å². The Morgan fingerprint density at radius 2 is 2.05 bits per heavy atom. The first kappa shape index (κ1) is 15.1. The first-order valence-electron chi connectivity index (χ1n) is 5.37. The fourth-order valence-electron chi connectivity index (χ4n) is 1.38. The van der Waals surface area contributed by atoms with Gasteiger partial charge in [0.1, 0.15) is 0 Å². The number of aryl methyl sites for hydroxylation is 1. The minimum absolute atomic E-state index is 0.0741. The van der Waals surface area contributed by atoms with E-state index in [1.165, 1.54) is 6.92 Å². The van der Waals surface area contributed by atoms with Crippen LogP contribution in [0.3, 0.4) is 0 Å². The van der Waals surface area contributed by atoms with Crippen LogP contribution in [0, 0.1) is 6.92 Å². The smallest absolute Gasteiger partial charge is 0.466 e. The predicted molar refractivity (Wildman–Crippen MR) is 58.8 cm³/mol. The number of carbonyl (C=O) groups is 1. The summed E-state index contributed by atoms with van der Waals surface area (Å²) in [4.78, 5) is 25.4. The molecule has 1 aromatic heterocycles. The van der Waals surface area contributed by atoms with Gasteiger partial charge in [-0.25, -0.2) is 0 Å². The number of hydrogen-bond acceptors (Lipinski definition) is 4. The first-order valence-corrected chi connectivity index (χ1v) is 5.37. The molecule has 0 unspecified atom stereocenters. The molecule has 19 heavy (non-hydrogen) atoms. The Kier molecular flexibility index (Phi) is 4.57. The Balaban J connectivity index is 3.07. The second-order valence-electron chi connectivity index (χ2n) is 3.63. The molecule has 0 atom stereocenters. The Morgan fingerprint density at radius 3 is 2.58 bits per heavy atom. The molecule has 106 valence electrons. The van der Waals surface area contributed by atoms with Gasteiger partial charge >= 0.3 is 12.3 Å². The van der Waals surface area contributed by atoms with Gasteiger partial charge in [-0.15, -0.1) is 13.2 Å². The van der Waals surface area contributed by atoms with Gasteiger partial charge in [-0.1, -0.05) is 0 Å². The third-order valence-electron chi connectivity index (χ3n) is 2.16. The number of alkyl halides is 3. The van der Waals surface area contributed by atoms with Gasteiger partial charge in [0.25, 0.3) is 0 Å². The van der Waals surface area contributed by atoms with E-state index < -0.39 is 29.9 Å². The van der Waals surface area contributed by atoms with E-state index in [1.807, 2.05) is 0 Å². The molecule has 0 saturated carbocycles. The van der Waals surface area contributed by atoms with Crippen LogP contribution in [0.4, 0.5) is 13.2 Å². The number of halogens is 3. The number of carbonyl (C=O) groups excluding carboxylic acids is 1. The molecule has 0 aliphatic carbocycles. The van der Waals surface area contributed by atoms with Gasteiger partial charge in [0.2, 0.25) is 5.43 Å². The van der Waals surface area contributed by atoms with Crippen molar-refractivity contribution in [1.82, 2.24) is 4.98 Å². The van der Waals surface area contributed by atoms with Gasteiger partial charge < -0.3 is 14.5 Å². The number of rotatable bonds is 4. The van der Waals surface area contributed by atoms with E-state index in [9.17, 15) is 22.8 Å². The monoisotopic (exact) mass is 279 g/mol. The highest BCUT2D eigenvalue weighted by atomic mass is 19.4. The fraction of sp³-hybridized carbons (Fsp3) is 0.455. The number of ether oxygens (including phenoxy) is 2. The number of pyridine rings is 1. The SMILES string of the molecule is CCOC(=O)Cc1c[nH]c(C)c(OC(F)(F)F)c1=O. The van der Waals surface area contributed by atoms with E-state index in [0.29, 0.717) is 0 Å². The number of H-pyrrole nitrogens is 1. The lowest BCUT2D eigenvalue weighted by atomic mass is 10.2. The van der Waals surface area contributed by atoms with Crippen molar-refractivity contribution in [2.75, 3.05) is 6.61 Å². The van der Waals surface area contributed by atoms with Crippen LogP contribution in [0.5, 0.6) is 5.75 Å². The van der Waals surface area contributed by atoms with E-state index in [0.717, 1.165) is 6.20 Å². The van der Waals surface area contributed by atoms with Crippen LogP contribution >= 0.6 is 0 Å². The van der Waals surface area contributed by atoms with Crippen molar-refractivity contribution in [3.63, 3.8) is 0 Å². The zero-order chi connectivity index (χ0) is 14.6. The summed E-state index contributed by atoms with van der Waals surface area (Å²) in [6.45, 7) is 2.96. The van der Waals surface area contributed by atoms with Gasteiger partial charge in [-0.05, 0) is 13.8 Å². The van der Waals surface area contributed by atoms with Crippen LogP contribution in [0.2, 0.25) is 0 Å². The Morgan fingerprint density at radius 1 is 1.42 bits per heavy atom. The Labute approximate surface area is 106 Å². The zero-order valence-electron chi connectivity index (χ0n) is 10.3. The van der Waals surface area contributed by atoms with Crippen LogP contribution < -0.4 is 10.2 Å². The summed E-state index contributed by atoms with van der Waals surface area (Å²) in [5.74, 6) is -1.57. The highest BCUT2D eigenvalue weighted by molar-refractivity contribution is 5.72. The average molecular weight is 279 g/mol.